The first kappa shape index (κ1) is 20.1. The lowest BCUT2D eigenvalue weighted by Crippen LogP contribution is -2.45. The van der Waals surface area contributed by atoms with Crippen LogP contribution >= 0.6 is 0 Å². The fourth-order valence-corrected chi connectivity index (χ4v) is 4.21. The van der Waals surface area contributed by atoms with Crippen LogP contribution in [0.15, 0.2) is 42.5 Å². The third-order valence-corrected chi connectivity index (χ3v) is 5.76. The lowest BCUT2D eigenvalue weighted by molar-refractivity contribution is -0.120. The van der Waals surface area contributed by atoms with Crippen molar-refractivity contribution in [3.05, 3.63) is 64.7 Å². The van der Waals surface area contributed by atoms with Gasteiger partial charge in [-0.2, -0.15) is 0 Å². The lowest BCUT2D eigenvalue weighted by atomic mass is 10.1. The second-order valence-corrected chi connectivity index (χ2v) is 9.65. The van der Waals surface area contributed by atoms with Crippen molar-refractivity contribution in [3.8, 4) is 0 Å². The van der Waals surface area contributed by atoms with Gasteiger partial charge < -0.3 is 10.2 Å². The SMILES string of the molecule is Cc1cc(C)cc(NC(=O)C(CCS(C)(=O)=O)N2Cc3ccccc3C2=O)c1. The van der Waals surface area contributed by atoms with E-state index in [-0.39, 0.29) is 24.0 Å². The summed E-state index contributed by atoms with van der Waals surface area (Å²) in [5, 5.41) is 2.86. The van der Waals surface area contributed by atoms with Crippen molar-refractivity contribution in [2.75, 3.05) is 17.3 Å². The van der Waals surface area contributed by atoms with Gasteiger partial charge in [0, 0.05) is 24.1 Å². The molecule has 0 bridgehead atoms. The minimum atomic E-state index is -3.27. The highest BCUT2D eigenvalue weighted by Gasteiger charge is 2.36. The summed E-state index contributed by atoms with van der Waals surface area (Å²) in [6, 6.07) is 12.0. The van der Waals surface area contributed by atoms with Crippen LogP contribution in [0.5, 0.6) is 0 Å². The summed E-state index contributed by atoms with van der Waals surface area (Å²) < 4.78 is 23.4. The second kappa shape index (κ2) is 7.75. The van der Waals surface area contributed by atoms with E-state index in [1.807, 2.05) is 44.2 Å². The normalized spacial score (nSPS) is 14.7. The molecule has 1 atom stereocenters. The zero-order valence-electron chi connectivity index (χ0n) is 16.2. The average Bonchev–Trinajstić information content (AvgIpc) is 2.90. The quantitative estimate of drug-likeness (QED) is 0.808. The summed E-state index contributed by atoms with van der Waals surface area (Å²) in [6.45, 7) is 4.17. The molecule has 148 valence electrons. The second-order valence-electron chi connectivity index (χ2n) is 7.39. The molecule has 0 aromatic heterocycles. The van der Waals surface area contributed by atoms with Gasteiger partial charge in [-0.3, -0.25) is 9.59 Å². The van der Waals surface area contributed by atoms with Crippen LogP contribution < -0.4 is 5.32 Å². The molecule has 2 aromatic rings. The number of fused-ring (bicyclic) bond motifs is 1. The average molecular weight is 401 g/mol. The number of sulfone groups is 1. The number of nitrogens with one attached hydrogen (secondary N) is 1. The zero-order chi connectivity index (χ0) is 20.5. The number of nitrogens with zero attached hydrogens (tertiary/aromatic N) is 1. The number of amides is 2. The Morgan fingerprint density at radius 2 is 1.79 bits per heavy atom. The van der Waals surface area contributed by atoms with E-state index < -0.39 is 15.9 Å². The Balaban J connectivity index is 1.86. The molecule has 1 aliphatic rings. The smallest absolute Gasteiger partial charge is 0.255 e. The summed E-state index contributed by atoms with van der Waals surface area (Å²) in [5.41, 5.74) is 4.05. The Morgan fingerprint density at radius 1 is 1.14 bits per heavy atom. The topological polar surface area (TPSA) is 83.6 Å². The zero-order valence-corrected chi connectivity index (χ0v) is 17.0. The third kappa shape index (κ3) is 4.59. The lowest BCUT2D eigenvalue weighted by Gasteiger charge is -2.27. The predicted molar refractivity (Wildman–Crippen MR) is 109 cm³/mol. The summed E-state index contributed by atoms with van der Waals surface area (Å²) in [4.78, 5) is 27.3. The molecule has 2 amide bonds. The van der Waals surface area contributed by atoms with Crippen LogP contribution in [0.3, 0.4) is 0 Å². The number of anilines is 1. The molecule has 0 radical (unpaired) electrons. The molecule has 3 rings (SSSR count). The standard InChI is InChI=1S/C21H24N2O4S/c1-14-10-15(2)12-17(11-14)22-20(24)19(8-9-28(3,26)27)23-13-16-6-4-5-7-18(16)21(23)25/h4-7,10-12,19H,8-9,13H2,1-3H3,(H,22,24). The molecule has 0 spiro atoms. The van der Waals surface area contributed by atoms with E-state index in [2.05, 4.69) is 5.32 Å². The fourth-order valence-electron chi connectivity index (χ4n) is 3.56. The monoisotopic (exact) mass is 400 g/mol. The van der Waals surface area contributed by atoms with Gasteiger partial charge in [0.05, 0.1) is 5.75 Å². The molecule has 7 heteroatoms. The van der Waals surface area contributed by atoms with Crippen LogP contribution in [0.2, 0.25) is 0 Å². The highest BCUT2D eigenvalue weighted by atomic mass is 32.2. The summed E-state index contributed by atoms with van der Waals surface area (Å²) >= 11 is 0. The van der Waals surface area contributed by atoms with Gasteiger partial charge in [0.15, 0.2) is 0 Å². The number of hydrogen-bond acceptors (Lipinski definition) is 4. The maximum atomic E-state index is 13.0. The van der Waals surface area contributed by atoms with E-state index in [0.29, 0.717) is 17.8 Å². The van der Waals surface area contributed by atoms with Crippen molar-refractivity contribution in [2.45, 2.75) is 32.9 Å². The van der Waals surface area contributed by atoms with Gasteiger partial charge in [0.25, 0.3) is 5.91 Å². The van der Waals surface area contributed by atoms with Crippen molar-refractivity contribution in [1.82, 2.24) is 4.90 Å². The van der Waals surface area contributed by atoms with Crippen LogP contribution in [0.25, 0.3) is 0 Å². The molecule has 6 nitrogen and oxygen atoms in total. The molecule has 0 aliphatic carbocycles. The first-order valence-corrected chi connectivity index (χ1v) is 11.2. The maximum absolute atomic E-state index is 13.0. The molecule has 1 aliphatic heterocycles. The summed E-state index contributed by atoms with van der Waals surface area (Å²) in [6.07, 6.45) is 1.18. The Morgan fingerprint density at radius 3 is 2.39 bits per heavy atom. The van der Waals surface area contributed by atoms with Gasteiger partial charge in [-0.1, -0.05) is 24.3 Å². The largest absolute Gasteiger partial charge is 0.324 e. The number of carbonyl (C=O) groups is 2. The predicted octanol–water partition coefficient (Wildman–Crippen LogP) is 2.70. The number of benzene rings is 2. The molecule has 2 aromatic carbocycles. The van der Waals surface area contributed by atoms with Gasteiger partial charge in [0.1, 0.15) is 15.9 Å². The Bertz CT molecular complexity index is 1010. The molecule has 0 saturated carbocycles. The van der Waals surface area contributed by atoms with Crippen LogP contribution in [-0.4, -0.2) is 43.2 Å². The van der Waals surface area contributed by atoms with Crippen LogP contribution in [0.4, 0.5) is 5.69 Å². The van der Waals surface area contributed by atoms with Crippen molar-refractivity contribution in [2.24, 2.45) is 0 Å². The molecule has 0 saturated heterocycles. The highest BCUT2D eigenvalue weighted by Crippen LogP contribution is 2.26. The van der Waals surface area contributed by atoms with Gasteiger partial charge in [-0.15, -0.1) is 0 Å². The number of hydrogen-bond donors (Lipinski definition) is 1. The summed E-state index contributed by atoms with van der Waals surface area (Å²) in [5.74, 6) is -0.794. The number of carbonyl (C=O) groups excluding carboxylic acids is 2. The fraction of sp³-hybridized carbons (Fsp3) is 0.333. The van der Waals surface area contributed by atoms with E-state index in [0.717, 1.165) is 22.9 Å². The molecule has 1 heterocycles. The van der Waals surface area contributed by atoms with E-state index in [4.69, 9.17) is 0 Å². The van der Waals surface area contributed by atoms with E-state index >= 15 is 0 Å². The molecular weight excluding hydrogens is 376 g/mol. The molecular formula is C21H24N2O4S. The molecule has 28 heavy (non-hydrogen) atoms. The van der Waals surface area contributed by atoms with Crippen LogP contribution in [0, 0.1) is 13.8 Å². The van der Waals surface area contributed by atoms with E-state index in [1.54, 1.807) is 12.1 Å². The highest BCUT2D eigenvalue weighted by molar-refractivity contribution is 7.90. The van der Waals surface area contributed by atoms with Crippen LogP contribution in [-0.2, 0) is 21.2 Å². The van der Waals surface area contributed by atoms with Crippen molar-refractivity contribution >= 4 is 27.3 Å². The van der Waals surface area contributed by atoms with Crippen molar-refractivity contribution in [1.29, 1.82) is 0 Å². The maximum Gasteiger partial charge on any atom is 0.255 e. The number of rotatable bonds is 6. The minimum absolute atomic E-state index is 0.0508. The third-order valence-electron chi connectivity index (χ3n) is 4.78. The van der Waals surface area contributed by atoms with Gasteiger partial charge in [-0.05, 0) is 55.2 Å². The van der Waals surface area contributed by atoms with Gasteiger partial charge in [-0.25, -0.2) is 8.42 Å². The van der Waals surface area contributed by atoms with Crippen LogP contribution in [0.1, 0.15) is 33.5 Å². The minimum Gasteiger partial charge on any atom is -0.324 e. The molecule has 1 unspecified atom stereocenters. The van der Waals surface area contributed by atoms with Gasteiger partial charge >= 0.3 is 0 Å². The Kier molecular flexibility index (Phi) is 5.56. The van der Waals surface area contributed by atoms with Gasteiger partial charge in [0.2, 0.25) is 5.91 Å². The van der Waals surface area contributed by atoms with E-state index in [9.17, 15) is 18.0 Å². The summed E-state index contributed by atoms with van der Waals surface area (Å²) in [7, 11) is -3.27. The molecule has 1 N–H and O–H groups in total. The first-order valence-electron chi connectivity index (χ1n) is 9.10. The Labute approximate surface area is 165 Å². The Hall–Kier alpha value is -2.67. The van der Waals surface area contributed by atoms with Crippen molar-refractivity contribution in [3.63, 3.8) is 0 Å². The first-order chi connectivity index (χ1) is 13.1. The molecule has 0 fully saturated rings. The van der Waals surface area contributed by atoms with E-state index in [1.165, 1.54) is 4.90 Å². The van der Waals surface area contributed by atoms with Crippen molar-refractivity contribution < 1.29 is 18.0 Å². The number of aryl methyl sites for hydroxylation is 2.